The molecule has 1 aromatic carbocycles. The molecule has 4 heteroatoms. The Morgan fingerprint density at radius 1 is 1.37 bits per heavy atom. The molecule has 2 aliphatic heterocycles. The lowest BCUT2D eigenvalue weighted by Crippen LogP contribution is -2.53. The second-order valence-electron chi connectivity index (χ2n) is 5.45. The van der Waals surface area contributed by atoms with Gasteiger partial charge in [0.25, 0.3) is 0 Å². The molecule has 1 unspecified atom stereocenters. The average molecular weight is 259 g/mol. The van der Waals surface area contributed by atoms with E-state index in [1.807, 2.05) is 17.0 Å². The second kappa shape index (κ2) is 5.31. The van der Waals surface area contributed by atoms with Gasteiger partial charge in [-0.1, -0.05) is 18.2 Å². The molecule has 0 radical (unpaired) electrons. The maximum absolute atomic E-state index is 12.5. The maximum Gasteiger partial charge on any atom is 0.241 e. The summed E-state index contributed by atoms with van der Waals surface area (Å²) in [5.41, 5.74) is 2.40. The molecule has 0 bridgehead atoms. The molecule has 1 aromatic rings. The lowest BCUT2D eigenvalue weighted by Gasteiger charge is -2.34. The standard InChI is InChI=1S/C15H21N3O/c1-12-10-16-7-9-17(12)11-15(19)18-8-6-13-4-2-3-5-14(13)18/h2-5,12,16H,6-11H2,1H3. The minimum Gasteiger partial charge on any atom is -0.314 e. The van der Waals surface area contributed by atoms with Crippen molar-refractivity contribution in [2.75, 3.05) is 37.6 Å². The number of amides is 1. The number of hydrogen-bond acceptors (Lipinski definition) is 3. The van der Waals surface area contributed by atoms with Crippen LogP contribution in [0.2, 0.25) is 0 Å². The molecule has 0 aliphatic carbocycles. The van der Waals surface area contributed by atoms with Gasteiger partial charge in [0.05, 0.1) is 6.54 Å². The number of carbonyl (C=O) groups is 1. The minimum absolute atomic E-state index is 0.235. The molecule has 1 N–H and O–H groups in total. The summed E-state index contributed by atoms with van der Waals surface area (Å²) >= 11 is 0. The van der Waals surface area contributed by atoms with Gasteiger partial charge in [0, 0.05) is 37.9 Å². The third-order valence-electron chi connectivity index (χ3n) is 4.17. The first-order valence-electron chi connectivity index (χ1n) is 7.09. The van der Waals surface area contributed by atoms with Crippen LogP contribution in [0.1, 0.15) is 12.5 Å². The van der Waals surface area contributed by atoms with Gasteiger partial charge in [-0.3, -0.25) is 9.69 Å². The Morgan fingerprint density at radius 2 is 2.21 bits per heavy atom. The fourth-order valence-electron chi connectivity index (χ4n) is 2.97. The predicted octanol–water partition coefficient (Wildman–Crippen LogP) is 0.869. The molecule has 4 nitrogen and oxygen atoms in total. The Labute approximate surface area is 114 Å². The van der Waals surface area contributed by atoms with Crippen LogP contribution in [0.5, 0.6) is 0 Å². The van der Waals surface area contributed by atoms with Gasteiger partial charge in [-0.2, -0.15) is 0 Å². The minimum atomic E-state index is 0.235. The molecule has 3 rings (SSSR count). The third kappa shape index (κ3) is 2.51. The van der Waals surface area contributed by atoms with Gasteiger partial charge in [0.15, 0.2) is 0 Å². The summed E-state index contributed by atoms with van der Waals surface area (Å²) in [6.07, 6.45) is 0.985. The van der Waals surface area contributed by atoms with Crippen LogP contribution in [-0.4, -0.2) is 49.6 Å². The van der Waals surface area contributed by atoms with Crippen molar-refractivity contribution in [3.8, 4) is 0 Å². The van der Waals surface area contributed by atoms with Crippen LogP contribution in [0.25, 0.3) is 0 Å². The van der Waals surface area contributed by atoms with Gasteiger partial charge < -0.3 is 10.2 Å². The Bertz CT molecular complexity index is 474. The van der Waals surface area contributed by atoms with Crippen molar-refractivity contribution in [1.29, 1.82) is 0 Å². The van der Waals surface area contributed by atoms with Crippen LogP contribution in [-0.2, 0) is 11.2 Å². The summed E-state index contributed by atoms with van der Waals surface area (Å²) in [5, 5.41) is 3.36. The van der Waals surface area contributed by atoms with Crippen LogP contribution in [0.15, 0.2) is 24.3 Å². The van der Waals surface area contributed by atoms with Crippen LogP contribution >= 0.6 is 0 Å². The first kappa shape index (κ1) is 12.6. The smallest absolute Gasteiger partial charge is 0.241 e. The zero-order valence-electron chi connectivity index (χ0n) is 11.4. The molecular weight excluding hydrogens is 238 g/mol. The van der Waals surface area contributed by atoms with E-state index >= 15 is 0 Å². The summed E-state index contributed by atoms with van der Waals surface area (Å²) in [6.45, 7) is 6.47. The van der Waals surface area contributed by atoms with E-state index in [2.05, 4.69) is 29.3 Å². The number of para-hydroxylation sites is 1. The van der Waals surface area contributed by atoms with E-state index in [-0.39, 0.29) is 5.91 Å². The summed E-state index contributed by atoms with van der Waals surface area (Å²) in [6, 6.07) is 8.68. The Kier molecular flexibility index (Phi) is 3.53. The Hall–Kier alpha value is -1.39. The molecule has 102 valence electrons. The number of nitrogens with one attached hydrogen (secondary N) is 1. The van der Waals surface area contributed by atoms with Crippen molar-refractivity contribution in [3.05, 3.63) is 29.8 Å². The summed E-state index contributed by atoms with van der Waals surface area (Å²) in [7, 11) is 0. The fraction of sp³-hybridized carbons (Fsp3) is 0.533. The van der Waals surface area contributed by atoms with Crippen LogP contribution < -0.4 is 10.2 Å². The van der Waals surface area contributed by atoms with E-state index in [1.54, 1.807) is 0 Å². The largest absolute Gasteiger partial charge is 0.314 e. The van der Waals surface area contributed by atoms with E-state index in [0.29, 0.717) is 12.6 Å². The van der Waals surface area contributed by atoms with Crippen LogP contribution in [0.3, 0.4) is 0 Å². The lowest BCUT2D eigenvalue weighted by atomic mass is 10.2. The van der Waals surface area contributed by atoms with Crippen molar-refractivity contribution in [2.24, 2.45) is 0 Å². The quantitative estimate of drug-likeness (QED) is 0.856. The van der Waals surface area contributed by atoms with Gasteiger partial charge in [0.2, 0.25) is 5.91 Å². The zero-order valence-corrected chi connectivity index (χ0v) is 11.4. The van der Waals surface area contributed by atoms with E-state index in [4.69, 9.17) is 0 Å². The van der Waals surface area contributed by atoms with Crippen LogP contribution in [0.4, 0.5) is 5.69 Å². The monoisotopic (exact) mass is 259 g/mol. The maximum atomic E-state index is 12.5. The molecule has 19 heavy (non-hydrogen) atoms. The van der Waals surface area contributed by atoms with Crippen molar-refractivity contribution < 1.29 is 4.79 Å². The number of piperazine rings is 1. The van der Waals surface area contributed by atoms with Crippen molar-refractivity contribution in [3.63, 3.8) is 0 Å². The molecule has 1 saturated heterocycles. The van der Waals surface area contributed by atoms with E-state index in [1.165, 1.54) is 5.56 Å². The first-order chi connectivity index (χ1) is 9.25. The Balaban J connectivity index is 1.68. The van der Waals surface area contributed by atoms with E-state index in [0.717, 1.165) is 38.3 Å². The van der Waals surface area contributed by atoms with E-state index < -0.39 is 0 Å². The highest BCUT2D eigenvalue weighted by Crippen LogP contribution is 2.27. The molecule has 2 aliphatic rings. The number of anilines is 1. The normalized spacial score (nSPS) is 23.4. The van der Waals surface area contributed by atoms with Crippen molar-refractivity contribution in [2.45, 2.75) is 19.4 Å². The second-order valence-corrected chi connectivity index (χ2v) is 5.45. The lowest BCUT2D eigenvalue weighted by molar-refractivity contribution is -0.120. The van der Waals surface area contributed by atoms with Gasteiger partial charge in [-0.15, -0.1) is 0 Å². The third-order valence-corrected chi connectivity index (χ3v) is 4.17. The summed E-state index contributed by atoms with van der Waals surface area (Å²) < 4.78 is 0. The molecule has 0 aromatic heterocycles. The van der Waals surface area contributed by atoms with Gasteiger partial charge in [-0.25, -0.2) is 0 Å². The molecule has 1 amide bonds. The topological polar surface area (TPSA) is 35.6 Å². The molecule has 1 atom stereocenters. The Morgan fingerprint density at radius 3 is 3.05 bits per heavy atom. The summed E-state index contributed by atoms with van der Waals surface area (Å²) in [4.78, 5) is 16.7. The van der Waals surface area contributed by atoms with Crippen molar-refractivity contribution >= 4 is 11.6 Å². The highest BCUT2D eigenvalue weighted by molar-refractivity contribution is 5.96. The number of rotatable bonds is 2. The van der Waals surface area contributed by atoms with Gasteiger partial charge in [-0.05, 0) is 25.0 Å². The number of benzene rings is 1. The van der Waals surface area contributed by atoms with Crippen LogP contribution in [0, 0.1) is 0 Å². The SMILES string of the molecule is CC1CNCCN1CC(=O)N1CCc2ccccc21. The van der Waals surface area contributed by atoms with Crippen molar-refractivity contribution in [1.82, 2.24) is 10.2 Å². The van der Waals surface area contributed by atoms with E-state index in [9.17, 15) is 4.79 Å². The molecule has 2 heterocycles. The number of hydrogen-bond donors (Lipinski definition) is 1. The van der Waals surface area contributed by atoms with Gasteiger partial charge in [0.1, 0.15) is 0 Å². The summed E-state index contributed by atoms with van der Waals surface area (Å²) in [5.74, 6) is 0.235. The molecule has 0 saturated carbocycles. The highest BCUT2D eigenvalue weighted by atomic mass is 16.2. The fourth-order valence-corrected chi connectivity index (χ4v) is 2.97. The highest BCUT2D eigenvalue weighted by Gasteiger charge is 2.27. The zero-order chi connectivity index (χ0) is 13.2. The van der Waals surface area contributed by atoms with Gasteiger partial charge >= 0.3 is 0 Å². The number of carbonyl (C=O) groups excluding carboxylic acids is 1. The molecular formula is C15H21N3O. The number of nitrogens with zero attached hydrogens (tertiary/aromatic N) is 2. The number of fused-ring (bicyclic) bond motifs is 1. The molecule has 1 fully saturated rings. The average Bonchev–Trinajstić information content (AvgIpc) is 2.85. The first-order valence-corrected chi connectivity index (χ1v) is 7.09. The molecule has 0 spiro atoms. The predicted molar refractivity (Wildman–Crippen MR) is 76.4 cm³/mol.